The second kappa shape index (κ2) is 6.66. The molecule has 1 aromatic carbocycles. The molecule has 0 saturated carbocycles. The van der Waals surface area contributed by atoms with E-state index in [4.69, 9.17) is 0 Å². The maximum Gasteiger partial charge on any atom is 0.0231 e. The van der Waals surface area contributed by atoms with Gasteiger partial charge in [-0.2, -0.15) is 0 Å². The summed E-state index contributed by atoms with van der Waals surface area (Å²) in [4.78, 5) is 2.35. The molecule has 0 fully saturated rings. The van der Waals surface area contributed by atoms with Gasteiger partial charge in [0.2, 0.25) is 0 Å². The molecule has 0 radical (unpaired) electrons. The van der Waals surface area contributed by atoms with Crippen LogP contribution in [0.4, 0.5) is 0 Å². The molecule has 0 aliphatic heterocycles. The van der Waals surface area contributed by atoms with Crippen molar-refractivity contribution in [1.29, 1.82) is 0 Å². The molecule has 0 bridgehead atoms. The molecular formula is C12H17Br2N. The van der Waals surface area contributed by atoms with Crippen molar-refractivity contribution in [3.05, 3.63) is 34.3 Å². The lowest BCUT2D eigenvalue weighted by Crippen LogP contribution is -2.24. The van der Waals surface area contributed by atoms with Gasteiger partial charge >= 0.3 is 0 Å². The Morgan fingerprint density at radius 2 is 2.13 bits per heavy atom. The molecule has 1 unspecified atom stereocenters. The Balaban J connectivity index is 2.47. The van der Waals surface area contributed by atoms with Crippen LogP contribution in [0.1, 0.15) is 12.5 Å². The van der Waals surface area contributed by atoms with Crippen molar-refractivity contribution in [2.75, 3.05) is 18.9 Å². The largest absolute Gasteiger partial charge is 0.302 e. The molecular weight excluding hydrogens is 318 g/mol. The molecule has 84 valence electrons. The van der Waals surface area contributed by atoms with Crippen LogP contribution in [0.3, 0.4) is 0 Å². The van der Waals surface area contributed by atoms with E-state index in [1.165, 1.54) is 5.56 Å². The van der Waals surface area contributed by atoms with Gasteiger partial charge in [-0.25, -0.2) is 0 Å². The first-order valence-corrected chi connectivity index (χ1v) is 7.02. The average Bonchev–Trinajstić information content (AvgIpc) is 2.17. The van der Waals surface area contributed by atoms with Crippen LogP contribution in [0.15, 0.2) is 28.7 Å². The molecule has 0 amide bonds. The summed E-state index contributed by atoms with van der Waals surface area (Å²) in [6, 6.07) is 8.49. The SMILES string of the molecule is CC(CBr)CN(C)Cc1cccc(Br)c1. The molecule has 0 aliphatic rings. The van der Waals surface area contributed by atoms with E-state index in [0.717, 1.165) is 22.9 Å². The summed E-state index contributed by atoms with van der Waals surface area (Å²) in [5.41, 5.74) is 1.36. The van der Waals surface area contributed by atoms with Crippen LogP contribution in [0, 0.1) is 5.92 Å². The maximum atomic E-state index is 3.51. The molecule has 0 heterocycles. The Hall–Kier alpha value is 0.140. The summed E-state index contributed by atoms with van der Waals surface area (Å²) in [5, 5.41) is 1.07. The Labute approximate surface area is 109 Å². The molecule has 1 aromatic rings. The van der Waals surface area contributed by atoms with Crippen molar-refractivity contribution in [3.8, 4) is 0 Å². The zero-order valence-electron chi connectivity index (χ0n) is 9.21. The number of hydrogen-bond donors (Lipinski definition) is 0. The van der Waals surface area contributed by atoms with E-state index >= 15 is 0 Å². The minimum absolute atomic E-state index is 0.696. The number of rotatable bonds is 5. The fourth-order valence-electron chi connectivity index (χ4n) is 1.59. The molecule has 0 aromatic heterocycles. The second-order valence-corrected chi connectivity index (χ2v) is 5.65. The van der Waals surface area contributed by atoms with Gasteiger partial charge in [0.15, 0.2) is 0 Å². The summed E-state index contributed by atoms with van der Waals surface area (Å²) < 4.78 is 1.15. The summed E-state index contributed by atoms with van der Waals surface area (Å²) in [5.74, 6) is 0.696. The van der Waals surface area contributed by atoms with Gasteiger partial charge in [-0.05, 0) is 30.7 Å². The van der Waals surface area contributed by atoms with Crippen LogP contribution < -0.4 is 0 Å². The number of nitrogens with zero attached hydrogens (tertiary/aromatic N) is 1. The summed E-state index contributed by atoms with van der Waals surface area (Å²) >= 11 is 7.00. The minimum Gasteiger partial charge on any atom is -0.302 e. The van der Waals surface area contributed by atoms with Crippen LogP contribution in [-0.4, -0.2) is 23.8 Å². The highest BCUT2D eigenvalue weighted by Gasteiger charge is 2.05. The van der Waals surface area contributed by atoms with E-state index in [1.807, 2.05) is 0 Å². The fraction of sp³-hybridized carbons (Fsp3) is 0.500. The van der Waals surface area contributed by atoms with E-state index in [0.29, 0.717) is 5.92 Å². The van der Waals surface area contributed by atoms with Gasteiger partial charge in [0, 0.05) is 22.9 Å². The maximum absolute atomic E-state index is 3.51. The second-order valence-electron chi connectivity index (χ2n) is 4.09. The fourth-order valence-corrected chi connectivity index (χ4v) is 2.24. The Morgan fingerprint density at radius 3 is 2.73 bits per heavy atom. The van der Waals surface area contributed by atoms with E-state index in [9.17, 15) is 0 Å². The lowest BCUT2D eigenvalue weighted by atomic mass is 10.2. The van der Waals surface area contributed by atoms with Crippen molar-refractivity contribution < 1.29 is 0 Å². The first kappa shape index (κ1) is 13.2. The highest BCUT2D eigenvalue weighted by molar-refractivity contribution is 9.10. The number of alkyl halides is 1. The molecule has 0 N–H and O–H groups in total. The number of benzene rings is 1. The van der Waals surface area contributed by atoms with E-state index in [2.05, 4.69) is 75.0 Å². The predicted octanol–water partition coefficient (Wildman–Crippen LogP) is 3.91. The van der Waals surface area contributed by atoms with Crippen molar-refractivity contribution in [2.45, 2.75) is 13.5 Å². The molecule has 0 saturated heterocycles. The van der Waals surface area contributed by atoms with Gasteiger partial charge in [0.25, 0.3) is 0 Å². The van der Waals surface area contributed by atoms with Crippen molar-refractivity contribution in [1.82, 2.24) is 4.90 Å². The Kier molecular flexibility index (Phi) is 5.87. The van der Waals surface area contributed by atoms with E-state index < -0.39 is 0 Å². The monoisotopic (exact) mass is 333 g/mol. The molecule has 1 rings (SSSR count). The number of halogens is 2. The van der Waals surface area contributed by atoms with Crippen LogP contribution in [0.5, 0.6) is 0 Å². The molecule has 1 nitrogen and oxygen atoms in total. The highest BCUT2D eigenvalue weighted by atomic mass is 79.9. The van der Waals surface area contributed by atoms with E-state index in [-0.39, 0.29) is 0 Å². The summed E-state index contributed by atoms with van der Waals surface area (Å²) in [6.45, 7) is 4.39. The lowest BCUT2D eigenvalue weighted by molar-refractivity contribution is 0.291. The van der Waals surface area contributed by atoms with Crippen molar-refractivity contribution in [3.63, 3.8) is 0 Å². The van der Waals surface area contributed by atoms with Gasteiger partial charge in [-0.1, -0.05) is 50.9 Å². The molecule has 3 heteroatoms. The molecule has 0 aliphatic carbocycles. The van der Waals surface area contributed by atoms with Gasteiger partial charge in [0.1, 0.15) is 0 Å². The predicted molar refractivity (Wildman–Crippen MR) is 73.4 cm³/mol. The van der Waals surface area contributed by atoms with E-state index in [1.54, 1.807) is 0 Å². The minimum atomic E-state index is 0.696. The van der Waals surface area contributed by atoms with Crippen molar-refractivity contribution >= 4 is 31.9 Å². The van der Waals surface area contributed by atoms with Crippen LogP contribution >= 0.6 is 31.9 Å². The zero-order valence-corrected chi connectivity index (χ0v) is 12.4. The Morgan fingerprint density at radius 1 is 1.40 bits per heavy atom. The summed E-state index contributed by atoms with van der Waals surface area (Å²) in [7, 11) is 2.17. The topological polar surface area (TPSA) is 3.24 Å². The van der Waals surface area contributed by atoms with Crippen LogP contribution in [-0.2, 0) is 6.54 Å². The molecule has 1 atom stereocenters. The smallest absolute Gasteiger partial charge is 0.0231 e. The molecule has 0 spiro atoms. The third-order valence-electron chi connectivity index (χ3n) is 2.23. The van der Waals surface area contributed by atoms with Gasteiger partial charge in [-0.3, -0.25) is 0 Å². The molecule has 15 heavy (non-hydrogen) atoms. The van der Waals surface area contributed by atoms with Gasteiger partial charge in [0.05, 0.1) is 0 Å². The normalized spacial score (nSPS) is 13.1. The zero-order chi connectivity index (χ0) is 11.3. The first-order valence-electron chi connectivity index (χ1n) is 5.10. The number of hydrogen-bond acceptors (Lipinski definition) is 1. The third-order valence-corrected chi connectivity index (χ3v) is 3.83. The van der Waals surface area contributed by atoms with Gasteiger partial charge in [-0.15, -0.1) is 0 Å². The third kappa shape index (κ3) is 5.14. The van der Waals surface area contributed by atoms with Gasteiger partial charge < -0.3 is 4.90 Å². The first-order chi connectivity index (χ1) is 7.11. The van der Waals surface area contributed by atoms with Crippen LogP contribution in [0.25, 0.3) is 0 Å². The lowest BCUT2D eigenvalue weighted by Gasteiger charge is -2.20. The standard InChI is InChI=1S/C12H17Br2N/c1-10(7-13)8-15(2)9-11-4-3-5-12(14)6-11/h3-6,10H,7-9H2,1-2H3. The van der Waals surface area contributed by atoms with Crippen molar-refractivity contribution in [2.24, 2.45) is 5.92 Å². The van der Waals surface area contributed by atoms with Crippen LogP contribution in [0.2, 0.25) is 0 Å². The average molecular weight is 335 g/mol. The Bertz CT molecular complexity index is 301. The quantitative estimate of drug-likeness (QED) is 0.738. The summed E-state index contributed by atoms with van der Waals surface area (Å²) in [6.07, 6.45) is 0. The highest BCUT2D eigenvalue weighted by Crippen LogP contribution is 2.13.